The molecule has 1 aliphatic heterocycles. The first-order valence-electron chi connectivity index (χ1n) is 13.9. The summed E-state index contributed by atoms with van der Waals surface area (Å²) in [4.78, 5) is 17.9. The molecule has 0 radical (unpaired) electrons. The third-order valence-corrected chi connectivity index (χ3v) is 7.21. The zero-order chi connectivity index (χ0) is 25.7. The smallest absolute Gasteiger partial charge is 0.319 e. The van der Waals surface area contributed by atoms with Gasteiger partial charge in [-0.1, -0.05) is 92.2 Å². The van der Waals surface area contributed by atoms with Crippen molar-refractivity contribution in [2.75, 3.05) is 38.0 Å². The molecule has 5 heteroatoms. The van der Waals surface area contributed by atoms with E-state index >= 15 is 0 Å². The van der Waals surface area contributed by atoms with E-state index in [0.29, 0.717) is 0 Å². The zero-order valence-electron chi connectivity index (χ0n) is 22.2. The third-order valence-electron chi connectivity index (χ3n) is 7.21. The number of benzene rings is 3. The molecule has 1 saturated heterocycles. The lowest BCUT2D eigenvalue weighted by Gasteiger charge is -2.33. The van der Waals surface area contributed by atoms with Crippen LogP contribution in [0.4, 0.5) is 10.5 Å². The van der Waals surface area contributed by atoms with Crippen molar-refractivity contribution >= 4 is 11.7 Å². The Bertz CT molecular complexity index is 1060. The van der Waals surface area contributed by atoms with Crippen LogP contribution in [0.15, 0.2) is 84.9 Å². The van der Waals surface area contributed by atoms with Crippen LogP contribution in [0.25, 0.3) is 11.1 Å². The van der Waals surface area contributed by atoms with Crippen molar-refractivity contribution in [2.45, 2.75) is 51.6 Å². The van der Waals surface area contributed by atoms with Crippen LogP contribution in [-0.4, -0.2) is 54.6 Å². The summed E-state index contributed by atoms with van der Waals surface area (Å²) in [7, 11) is 0. The summed E-state index contributed by atoms with van der Waals surface area (Å²) in [6.45, 7) is 8.81. The van der Waals surface area contributed by atoms with Gasteiger partial charge in [0, 0.05) is 31.2 Å². The maximum Gasteiger partial charge on any atom is 0.319 e. The van der Waals surface area contributed by atoms with Crippen molar-refractivity contribution in [3.8, 4) is 11.1 Å². The largest absolute Gasteiger partial charge is 0.335 e. The fourth-order valence-corrected chi connectivity index (χ4v) is 5.12. The fourth-order valence-electron chi connectivity index (χ4n) is 5.12. The van der Waals surface area contributed by atoms with Crippen molar-refractivity contribution in [1.29, 1.82) is 0 Å². The van der Waals surface area contributed by atoms with E-state index in [1.54, 1.807) is 0 Å². The van der Waals surface area contributed by atoms with Gasteiger partial charge in [-0.3, -0.25) is 4.90 Å². The van der Waals surface area contributed by atoms with Crippen LogP contribution >= 0.6 is 0 Å². The highest BCUT2D eigenvalue weighted by molar-refractivity contribution is 5.94. The van der Waals surface area contributed by atoms with Crippen LogP contribution in [0, 0.1) is 0 Å². The van der Waals surface area contributed by atoms with E-state index in [1.165, 1.54) is 31.4 Å². The van der Waals surface area contributed by atoms with Crippen molar-refractivity contribution in [3.63, 3.8) is 0 Å². The molecule has 0 aliphatic carbocycles. The van der Waals surface area contributed by atoms with E-state index in [-0.39, 0.29) is 12.1 Å². The lowest BCUT2D eigenvalue weighted by Crippen LogP contribution is -2.46. The van der Waals surface area contributed by atoms with Gasteiger partial charge in [0.15, 0.2) is 0 Å². The lowest BCUT2D eigenvalue weighted by atomic mass is 10.0. The molecule has 0 saturated carbocycles. The van der Waals surface area contributed by atoms with Gasteiger partial charge >= 0.3 is 6.03 Å². The number of urea groups is 1. The highest BCUT2D eigenvalue weighted by atomic mass is 16.2. The van der Waals surface area contributed by atoms with Crippen molar-refractivity contribution < 1.29 is 4.79 Å². The molecule has 1 aliphatic rings. The Morgan fingerprint density at radius 2 is 1.51 bits per heavy atom. The quantitative estimate of drug-likeness (QED) is 0.295. The van der Waals surface area contributed by atoms with Gasteiger partial charge in [0.1, 0.15) is 0 Å². The first-order chi connectivity index (χ1) is 18.2. The summed E-state index contributed by atoms with van der Waals surface area (Å²) in [5.74, 6) is 0. The number of hydrogen-bond acceptors (Lipinski definition) is 3. The summed E-state index contributed by atoms with van der Waals surface area (Å²) in [5, 5.41) is 6.29. The monoisotopic (exact) mass is 498 g/mol. The topological polar surface area (TPSA) is 47.6 Å². The number of rotatable bonds is 12. The molecule has 0 atom stereocenters. The van der Waals surface area contributed by atoms with Gasteiger partial charge in [-0.15, -0.1) is 0 Å². The molecule has 37 heavy (non-hydrogen) atoms. The number of amides is 2. The molecule has 2 amide bonds. The van der Waals surface area contributed by atoms with Crippen molar-refractivity contribution in [1.82, 2.24) is 15.1 Å². The maximum absolute atomic E-state index is 12.8. The van der Waals surface area contributed by atoms with Gasteiger partial charge in [-0.2, -0.15) is 0 Å². The van der Waals surface area contributed by atoms with E-state index in [4.69, 9.17) is 0 Å². The predicted octanol–water partition coefficient (Wildman–Crippen LogP) is 6.63. The Kier molecular flexibility index (Phi) is 10.6. The second kappa shape index (κ2) is 14.6. The minimum Gasteiger partial charge on any atom is -0.335 e. The van der Waals surface area contributed by atoms with Crippen LogP contribution in [0.2, 0.25) is 0 Å². The molecule has 1 heterocycles. The molecular weight excluding hydrogens is 456 g/mol. The number of nitrogens with zero attached hydrogens (tertiary/aromatic N) is 2. The van der Waals surface area contributed by atoms with Crippen LogP contribution in [0.5, 0.6) is 0 Å². The number of carbonyl (C=O) groups is 1. The van der Waals surface area contributed by atoms with E-state index in [1.807, 2.05) is 42.5 Å². The number of nitrogens with one attached hydrogen (secondary N) is 2. The number of piperidine rings is 1. The fraction of sp³-hybridized carbons (Fsp3) is 0.406. The van der Waals surface area contributed by atoms with Gasteiger partial charge in [0.2, 0.25) is 0 Å². The minimum absolute atomic E-state index is 0.116. The Balaban J connectivity index is 1.18. The molecule has 2 N–H and O–H groups in total. The standard InChI is InChI=1S/C32H42N4O/c1-2-3-21-36(26-27-13-6-4-7-14-27)23-12-22-35-24-19-29(20-25-35)33-32(37)34-31-18-11-10-17-30(31)28-15-8-5-9-16-28/h4-11,13-18,29H,2-3,12,19-26H2,1H3,(H2,33,34,37). The van der Waals surface area contributed by atoms with E-state index in [9.17, 15) is 4.79 Å². The van der Waals surface area contributed by atoms with Gasteiger partial charge in [-0.05, 0) is 62.5 Å². The summed E-state index contributed by atoms with van der Waals surface area (Å²) in [6, 6.07) is 29.1. The van der Waals surface area contributed by atoms with E-state index < -0.39 is 0 Å². The van der Waals surface area contributed by atoms with Crippen LogP contribution in [0.1, 0.15) is 44.6 Å². The van der Waals surface area contributed by atoms with Crippen LogP contribution in [0.3, 0.4) is 0 Å². The van der Waals surface area contributed by atoms with E-state index in [0.717, 1.165) is 62.4 Å². The number of unbranched alkanes of at least 4 members (excludes halogenated alkanes) is 1. The lowest BCUT2D eigenvalue weighted by molar-refractivity contribution is 0.179. The Morgan fingerprint density at radius 1 is 0.865 bits per heavy atom. The highest BCUT2D eigenvalue weighted by Crippen LogP contribution is 2.27. The predicted molar refractivity (Wildman–Crippen MR) is 155 cm³/mol. The SMILES string of the molecule is CCCCN(CCCN1CCC(NC(=O)Nc2ccccc2-c2ccccc2)CC1)Cc1ccccc1. The second-order valence-electron chi connectivity index (χ2n) is 10.1. The molecule has 0 bridgehead atoms. The molecule has 0 unspecified atom stereocenters. The number of hydrogen-bond donors (Lipinski definition) is 2. The Labute approximate surface area is 222 Å². The van der Waals surface area contributed by atoms with Crippen LogP contribution < -0.4 is 10.6 Å². The molecular formula is C32H42N4O. The molecule has 196 valence electrons. The molecule has 0 spiro atoms. The molecule has 5 nitrogen and oxygen atoms in total. The number of para-hydroxylation sites is 1. The van der Waals surface area contributed by atoms with Crippen LogP contribution in [-0.2, 0) is 6.54 Å². The first kappa shape index (κ1) is 26.9. The minimum atomic E-state index is -0.116. The number of anilines is 1. The molecule has 1 fully saturated rings. The molecule has 3 aromatic rings. The average Bonchev–Trinajstić information content (AvgIpc) is 2.94. The number of likely N-dealkylation sites (tertiary alicyclic amines) is 1. The summed E-state index contributed by atoms with van der Waals surface area (Å²) in [6.07, 6.45) is 5.67. The molecule has 4 rings (SSSR count). The average molecular weight is 499 g/mol. The Morgan fingerprint density at radius 3 is 2.24 bits per heavy atom. The summed E-state index contributed by atoms with van der Waals surface area (Å²) in [5.41, 5.74) is 4.37. The van der Waals surface area contributed by atoms with E-state index in [2.05, 4.69) is 69.8 Å². The molecule has 3 aromatic carbocycles. The van der Waals surface area contributed by atoms with Crippen molar-refractivity contribution in [2.24, 2.45) is 0 Å². The van der Waals surface area contributed by atoms with Gasteiger partial charge in [0.25, 0.3) is 0 Å². The number of carbonyl (C=O) groups excluding carboxylic acids is 1. The van der Waals surface area contributed by atoms with Gasteiger partial charge < -0.3 is 15.5 Å². The van der Waals surface area contributed by atoms with Gasteiger partial charge in [-0.25, -0.2) is 4.79 Å². The Hall–Kier alpha value is -3.15. The van der Waals surface area contributed by atoms with Gasteiger partial charge in [0.05, 0.1) is 5.69 Å². The summed E-state index contributed by atoms with van der Waals surface area (Å²) < 4.78 is 0. The molecule has 0 aromatic heterocycles. The third kappa shape index (κ3) is 8.73. The summed E-state index contributed by atoms with van der Waals surface area (Å²) >= 11 is 0. The second-order valence-corrected chi connectivity index (χ2v) is 10.1. The van der Waals surface area contributed by atoms with Crippen molar-refractivity contribution in [3.05, 3.63) is 90.5 Å². The first-order valence-corrected chi connectivity index (χ1v) is 13.9. The zero-order valence-corrected chi connectivity index (χ0v) is 22.2. The highest BCUT2D eigenvalue weighted by Gasteiger charge is 2.21. The normalized spacial score (nSPS) is 14.5. The maximum atomic E-state index is 12.8.